The summed E-state index contributed by atoms with van der Waals surface area (Å²) >= 11 is 0. The fraction of sp³-hybridized carbons (Fsp3) is 0. The van der Waals surface area contributed by atoms with Crippen LogP contribution >= 0.6 is 7.60 Å². The summed E-state index contributed by atoms with van der Waals surface area (Å²) in [6.45, 7) is 0.120. The Bertz CT molecular complexity index is 356. The van der Waals surface area contributed by atoms with Crippen molar-refractivity contribution in [2.45, 2.75) is 0 Å². The van der Waals surface area contributed by atoms with Crippen LogP contribution in [0.25, 0.3) is 0 Å². The van der Waals surface area contributed by atoms with Crippen molar-refractivity contribution < 1.29 is 23.9 Å². The first kappa shape index (κ1) is 9.92. The molecule has 1 aromatic carbocycles. The molecule has 13 heavy (non-hydrogen) atoms. The van der Waals surface area contributed by atoms with Gasteiger partial charge in [-0.05, 0) is 12.1 Å². The lowest BCUT2D eigenvalue weighted by Gasteiger charge is -2.07. The quantitative estimate of drug-likeness (QED) is 0.533. The van der Waals surface area contributed by atoms with Gasteiger partial charge in [0.15, 0.2) is 0 Å². The van der Waals surface area contributed by atoms with Crippen molar-refractivity contribution in [1.82, 2.24) is 0 Å². The predicted octanol–water partition coefficient (Wildman–Crippen LogP) is 0.0248. The van der Waals surface area contributed by atoms with Gasteiger partial charge in [0.05, 0.1) is 0 Å². The number of para-hydroxylation sites is 1. The Kier molecular flexibility index (Phi) is 2.83. The van der Waals surface area contributed by atoms with Crippen LogP contribution in [-0.4, -0.2) is 16.3 Å². The summed E-state index contributed by atoms with van der Waals surface area (Å²) in [5.74, 6) is -0.120. The van der Waals surface area contributed by atoms with E-state index >= 15 is 0 Å². The van der Waals surface area contributed by atoms with E-state index in [-0.39, 0.29) is 17.5 Å². The second-order valence-corrected chi connectivity index (χ2v) is 3.80. The molecule has 0 saturated heterocycles. The average molecular weight is 202 g/mol. The maximum atomic E-state index is 10.8. The van der Waals surface area contributed by atoms with E-state index in [1.807, 2.05) is 0 Å². The van der Waals surface area contributed by atoms with Crippen molar-refractivity contribution in [3.05, 3.63) is 24.3 Å². The Labute approximate surface area is 74.1 Å². The molecule has 0 aromatic heterocycles. The van der Waals surface area contributed by atoms with Gasteiger partial charge in [-0.1, -0.05) is 12.1 Å². The topological polar surface area (TPSA) is 83.8 Å². The summed E-state index contributed by atoms with van der Waals surface area (Å²) in [5.41, 5.74) is 0. The minimum Gasteiger partial charge on any atom is -0.428 e. The van der Waals surface area contributed by atoms with Crippen molar-refractivity contribution in [1.29, 1.82) is 0 Å². The monoisotopic (exact) mass is 202 g/mol. The molecule has 0 aliphatic carbocycles. The summed E-state index contributed by atoms with van der Waals surface area (Å²) in [6, 6.07) is 5.48. The SMILES string of the molecule is O=COc1ccccc1P(=O)(O)O. The minimum atomic E-state index is -4.37. The summed E-state index contributed by atoms with van der Waals surface area (Å²) in [6.07, 6.45) is 0. The molecule has 1 rings (SSSR count). The molecule has 0 unspecified atom stereocenters. The Hall–Kier alpha value is -1.16. The van der Waals surface area contributed by atoms with Gasteiger partial charge in [-0.15, -0.1) is 0 Å². The summed E-state index contributed by atoms with van der Waals surface area (Å²) in [7, 11) is -4.37. The van der Waals surface area contributed by atoms with Crippen LogP contribution < -0.4 is 10.0 Å². The van der Waals surface area contributed by atoms with E-state index in [2.05, 4.69) is 4.74 Å². The van der Waals surface area contributed by atoms with Crippen molar-refractivity contribution in [2.24, 2.45) is 0 Å². The van der Waals surface area contributed by atoms with E-state index in [0.29, 0.717) is 0 Å². The third-order valence-corrected chi connectivity index (χ3v) is 2.35. The molecule has 0 atom stereocenters. The van der Waals surface area contributed by atoms with Crippen molar-refractivity contribution in [3.63, 3.8) is 0 Å². The predicted molar refractivity (Wildman–Crippen MR) is 44.8 cm³/mol. The van der Waals surface area contributed by atoms with E-state index in [0.717, 1.165) is 0 Å². The first-order chi connectivity index (χ1) is 6.05. The van der Waals surface area contributed by atoms with Crippen LogP contribution in [0.2, 0.25) is 0 Å². The lowest BCUT2D eigenvalue weighted by atomic mass is 10.3. The average Bonchev–Trinajstić information content (AvgIpc) is 2.04. The van der Waals surface area contributed by atoms with Gasteiger partial charge < -0.3 is 14.5 Å². The smallest absolute Gasteiger partial charge is 0.359 e. The van der Waals surface area contributed by atoms with Crippen LogP contribution in [0.1, 0.15) is 0 Å². The van der Waals surface area contributed by atoms with Gasteiger partial charge in [0, 0.05) is 0 Å². The van der Waals surface area contributed by atoms with Gasteiger partial charge in [0.1, 0.15) is 11.1 Å². The number of hydrogen-bond acceptors (Lipinski definition) is 3. The number of hydrogen-bond donors (Lipinski definition) is 2. The van der Waals surface area contributed by atoms with E-state index in [4.69, 9.17) is 9.79 Å². The number of rotatable bonds is 3. The molecule has 0 aliphatic heterocycles. The largest absolute Gasteiger partial charge is 0.428 e. The molecule has 0 bridgehead atoms. The Balaban J connectivity index is 3.19. The van der Waals surface area contributed by atoms with Gasteiger partial charge in [-0.3, -0.25) is 9.36 Å². The molecular weight excluding hydrogens is 195 g/mol. The molecule has 0 amide bonds. The van der Waals surface area contributed by atoms with Crippen molar-refractivity contribution in [3.8, 4) is 5.75 Å². The third kappa shape index (κ3) is 2.39. The standard InChI is InChI=1S/C7H7O5P/c8-5-12-6-3-1-2-4-7(6)13(9,10)11/h1-5H,(H2,9,10,11). The highest BCUT2D eigenvalue weighted by molar-refractivity contribution is 7.60. The number of carbonyl (C=O) groups excluding carboxylic acids is 1. The zero-order valence-corrected chi connectivity index (χ0v) is 7.35. The lowest BCUT2D eigenvalue weighted by molar-refractivity contribution is -0.120. The molecule has 0 aliphatic rings. The van der Waals surface area contributed by atoms with Gasteiger partial charge in [0.2, 0.25) is 0 Å². The van der Waals surface area contributed by atoms with Gasteiger partial charge in [-0.25, -0.2) is 0 Å². The molecule has 0 fully saturated rings. The molecule has 0 radical (unpaired) electrons. The van der Waals surface area contributed by atoms with E-state index < -0.39 is 7.60 Å². The number of ether oxygens (including phenoxy) is 1. The molecule has 0 saturated carbocycles. The molecule has 70 valence electrons. The zero-order chi connectivity index (χ0) is 9.90. The number of carbonyl (C=O) groups is 1. The van der Waals surface area contributed by atoms with Gasteiger partial charge in [0.25, 0.3) is 6.47 Å². The second-order valence-electron chi connectivity index (χ2n) is 2.23. The normalized spacial score (nSPS) is 10.9. The molecule has 0 spiro atoms. The van der Waals surface area contributed by atoms with Gasteiger partial charge in [-0.2, -0.15) is 0 Å². The van der Waals surface area contributed by atoms with E-state index in [9.17, 15) is 9.36 Å². The van der Waals surface area contributed by atoms with Crippen LogP contribution in [-0.2, 0) is 9.36 Å². The summed E-state index contributed by atoms with van der Waals surface area (Å²) in [5, 5.41) is -0.290. The van der Waals surface area contributed by atoms with Crippen molar-refractivity contribution in [2.75, 3.05) is 0 Å². The van der Waals surface area contributed by atoms with Crippen LogP contribution in [0.3, 0.4) is 0 Å². The van der Waals surface area contributed by atoms with Gasteiger partial charge >= 0.3 is 7.60 Å². The summed E-state index contributed by atoms with van der Waals surface area (Å²) in [4.78, 5) is 27.6. The number of benzene rings is 1. The van der Waals surface area contributed by atoms with Crippen LogP contribution in [0.4, 0.5) is 0 Å². The molecular formula is C7H7O5P. The Morgan fingerprint density at radius 2 is 1.92 bits per heavy atom. The van der Waals surface area contributed by atoms with E-state index in [1.54, 1.807) is 0 Å². The molecule has 0 heterocycles. The van der Waals surface area contributed by atoms with Crippen LogP contribution in [0.15, 0.2) is 24.3 Å². The second kappa shape index (κ2) is 3.70. The molecule has 6 heteroatoms. The Morgan fingerprint density at radius 1 is 1.31 bits per heavy atom. The lowest BCUT2D eigenvalue weighted by Crippen LogP contribution is -2.08. The molecule has 1 aromatic rings. The zero-order valence-electron chi connectivity index (χ0n) is 6.45. The highest BCUT2D eigenvalue weighted by Crippen LogP contribution is 2.36. The molecule has 5 nitrogen and oxygen atoms in total. The third-order valence-electron chi connectivity index (χ3n) is 1.35. The fourth-order valence-electron chi connectivity index (χ4n) is 0.849. The van der Waals surface area contributed by atoms with Crippen molar-refractivity contribution >= 4 is 19.4 Å². The minimum absolute atomic E-state index is 0.120. The highest BCUT2D eigenvalue weighted by Gasteiger charge is 2.21. The van der Waals surface area contributed by atoms with Crippen LogP contribution in [0.5, 0.6) is 5.75 Å². The Morgan fingerprint density at radius 3 is 2.46 bits per heavy atom. The van der Waals surface area contributed by atoms with E-state index in [1.165, 1.54) is 24.3 Å². The fourth-order valence-corrected chi connectivity index (χ4v) is 1.54. The summed E-state index contributed by atoms with van der Waals surface area (Å²) < 4.78 is 15.2. The maximum absolute atomic E-state index is 10.8. The van der Waals surface area contributed by atoms with Crippen LogP contribution in [0, 0.1) is 0 Å². The maximum Gasteiger partial charge on any atom is 0.359 e. The first-order valence-corrected chi connectivity index (χ1v) is 4.92. The first-order valence-electron chi connectivity index (χ1n) is 3.31. The highest BCUT2D eigenvalue weighted by atomic mass is 31.2. The molecule has 2 N–H and O–H groups in total.